The van der Waals surface area contributed by atoms with Crippen LogP contribution in [0.5, 0.6) is 0 Å². The number of nitro groups is 1. The molecule has 0 aliphatic heterocycles. The van der Waals surface area contributed by atoms with E-state index in [2.05, 4.69) is 15.4 Å². The molecule has 7 heteroatoms. The molecule has 19 heavy (non-hydrogen) atoms. The smallest absolute Gasteiger partial charge is 0.312 e. The van der Waals surface area contributed by atoms with Gasteiger partial charge in [0.25, 0.3) is 0 Å². The van der Waals surface area contributed by atoms with E-state index in [0.29, 0.717) is 17.9 Å². The van der Waals surface area contributed by atoms with Crippen LogP contribution < -0.4 is 5.32 Å². The monoisotopic (exact) mass is 261 g/mol. The Bertz CT molecular complexity index is 621. The number of hydrogen-bond donors (Lipinski definition) is 1. The van der Waals surface area contributed by atoms with Crippen molar-refractivity contribution >= 4 is 11.5 Å². The minimum absolute atomic E-state index is 0.0786. The minimum atomic E-state index is -0.392. The van der Waals surface area contributed by atoms with E-state index >= 15 is 0 Å². The summed E-state index contributed by atoms with van der Waals surface area (Å²) in [6.07, 6.45) is 1.69. The van der Waals surface area contributed by atoms with Gasteiger partial charge in [0.15, 0.2) is 0 Å². The molecule has 2 heterocycles. The van der Waals surface area contributed by atoms with Crippen LogP contribution in [0, 0.1) is 24.0 Å². The van der Waals surface area contributed by atoms with Crippen molar-refractivity contribution in [3.8, 4) is 0 Å². The maximum atomic E-state index is 11.0. The lowest BCUT2D eigenvalue weighted by molar-refractivity contribution is -0.386. The molecule has 7 nitrogen and oxygen atoms in total. The van der Waals surface area contributed by atoms with Crippen molar-refractivity contribution in [3.63, 3.8) is 0 Å². The van der Waals surface area contributed by atoms with E-state index in [1.54, 1.807) is 31.8 Å². The maximum Gasteiger partial charge on any atom is 0.312 e. The molecule has 2 aromatic heterocycles. The third kappa shape index (κ3) is 2.40. The van der Waals surface area contributed by atoms with Crippen molar-refractivity contribution in [2.75, 3.05) is 12.4 Å². The van der Waals surface area contributed by atoms with Gasteiger partial charge in [-0.15, -0.1) is 0 Å². The number of hydrogen-bond acceptors (Lipinski definition) is 5. The Hall–Kier alpha value is -2.44. The molecule has 1 N–H and O–H groups in total. The van der Waals surface area contributed by atoms with Crippen molar-refractivity contribution in [2.24, 2.45) is 0 Å². The topological polar surface area (TPSA) is 85.9 Å². The number of nitrogens with zero attached hydrogens (tertiary/aromatic N) is 4. The molecule has 0 aliphatic carbocycles. The van der Waals surface area contributed by atoms with Gasteiger partial charge in [-0.1, -0.05) is 6.07 Å². The van der Waals surface area contributed by atoms with Crippen LogP contribution in [-0.4, -0.2) is 26.7 Å². The molecule has 0 radical (unpaired) electrons. The summed E-state index contributed by atoms with van der Waals surface area (Å²) in [7, 11) is 1.79. The van der Waals surface area contributed by atoms with E-state index in [0.717, 1.165) is 11.4 Å². The predicted molar refractivity (Wildman–Crippen MR) is 71.2 cm³/mol. The summed E-state index contributed by atoms with van der Waals surface area (Å²) in [4.78, 5) is 14.8. The standard InChI is InChI=1S/C12H15N5O2/c1-8-11(17(18)19)9(2)16(15-8)7-10-5-4-6-14-12(10)13-3/h4-6H,7H2,1-3H3,(H,13,14). The molecular weight excluding hydrogens is 246 g/mol. The summed E-state index contributed by atoms with van der Waals surface area (Å²) in [5.41, 5.74) is 1.99. The number of aromatic nitrogens is 3. The lowest BCUT2D eigenvalue weighted by Gasteiger charge is -2.08. The third-order valence-corrected chi connectivity index (χ3v) is 2.97. The van der Waals surface area contributed by atoms with E-state index in [1.165, 1.54) is 0 Å². The Morgan fingerprint density at radius 1 is 1.47 bits per heavy atom. The quantitative estimate of drug-likeness (QED) is 0.671. The number of nitrogens with one attached hydrogen (secondary N) is 1. The van der Waals surface area contributed by atoms with E-state index in [4.69, 9.17) is 0 Å². The molecule has 0 amide bonds. The molecular formula is C12H15N5O2. The Morgan fingerprint density at radius 3 is 2.79 bits per heavy atom. The molecule has 2 rings (SSSR count). The fourth-order valence-corrected chi connectivity index (χ4v) is 2.06. The zero-order valence-corrected chi connectivity index (χ0v) is 11.0. The molecule has 0 aliphatic rings. The molecule has 0 fully saturated rings. The van der Waals surface area contributed by atoms with Gasteiger partial charge < -0.3 is 5.32 Å². The van der Waals surface area contributed by atoms with Crippen molar-refractivity contribution < 1.29 is 4.92 Å². The Balaban J connectivity index is 2.39. The maximum absolute atomic E-state index is 11.0. The first kappa shape index (κ1) is 13.0. The predicted octanol–water partition coefficient (Wildman–Crippen LogP) is 1.89. The van der Waals surface area contributed by atoms with Gasteiger partial charge in [0.05, 0.1) is 11.5 Å². The van der Waals surface area contributed by atoms with Gasteiger partial charge in [0, 0.05) is 18.8 Å². The Kier molecular flexibility index (Phi) is 3.46. The summed E-state index contributed by atoms with van der Waals surface area (Å²) < 4.78 is 1.63. The highest BCUT2D eigenvalue weighted by Gasteiger charge is 2.22. The lowest BCUT2D eigenvalue weighted by Crippen LogP contribution is -2.07. The summed E-state index contributed by atoms with van der Waals surface area (Å²) in [6.45, 7) is 3.79. The van der Waals surface area contributed by atoms with Crippen LogP contribution in [-0.2, 0) is 6.54 Å². The van der Waals surface area contributed by atoms with Crippen molar-refractivity contribution in [2.45, 2.75) is 20.4 Å². The summed E-state index contributed by atoms with van der Waals surface area (Å²) >= 11 is 0. The van der Waals surface area contributed by atoms with Crippen LogP contribution in [0.1, 0.15) is 17.0 Å². The molecule has 0 atom stereocenters. The van der Waals surface area contributed by atoms with Crippen LogP contribution >= 0.6 is 0 Å². The third-order valence-electron chi connectivity index (χ3n) is 2.97. The molecule has 0 bridgehead atoms. The lowest BCUT2D eigenvalue weighted by atomic mass is 10.2. The van der Waals surface area contributed by atoms with Gasteiger partial charge in [0.2, 0.25) is 0 Å². The van der Waals surface area contributed by atoms with Gasteiger partial charge in [-0.05, 0) is 19.9 Å². The van der Waals surface area contributed by atoms with Crippen LogP contribution in [0.25, 0.3) is 0 Å². The molecule has 0 unspecified atom stereocenters. The zero-order valence-electron chi connectivity index (χ0n) is 11.0. The Morgan fingerprint density at radius 2 is 2.21 bits per heavy atom. The summed E-state index contributed by atoms with van der Waals surface area (Å²) in [6, 6.07) is 3.75. The van der Waals surface area contributed by atoms with Crippen molar-refractivity contribution in [3.05, 3.63) is 45.4 Å². The second-order valence-corrected chi connectivity index (χ2v) is 4.20. The largest absolute Gasteiger partial charge is 0.373 e. The van der Waals surface area contributed by atoms with E-state index in [-0.39, 0.29) is 5.69 Å². The normalized spacial score (nSPS) is 10.5. The highest BCUT2D eigenvalue weighted by molar-refractivity contribution is 5.44. The first-order valence-corrected chi connectivity index (χ1v) is 5.84. The molecule has 0 saturated carbocycles. The molecule has 0 saturated heterocycles. The average Bonchev–Trinajstić information content (AvgIpc) is 2.65. The Labute approximate surface area is 110 Å². The molecule has 0 aromatic carbocycles. The number of anilines is 1. The van der Waals surface area contributed by atoms with Crippen LogP contribution in [0.15, 0.2) is 18.3 Å². The van der Waals surface area contributed by atoms with E-state index in [9.17, 15) is 10.1 Å². The zero-order chi connectivity index (χ0) is 14.0. The molecule has 0 spiro atoms. The highest BCUT2D eigenvalue weighted by Crippen LogP contribution is 2.23. The molecule has 2 aromatic rings. The highest BCUT2D eigenvalue weighted by atomic mass is 16.6. The van der Waals surface area contributed by atoms with Gasteiger partial charge in [-0.3, -0.25) is 14.8 Å². The number of pyridine rings is 1. The first-order chi connectivity index (χ1) is 9.04. The van der Waals surface area contributed by atoms with Crippen LogP contribution in [0.3, 0.4) is 0 Å². The van der Waals surface area contributed by atoms with E-state index < -0.39 is 4.92 Å². The van der Waals surface area contributed by atoms with Gasteiger partial charge >= 0.3 is 5.69 Å². The SMILES string of the molecule is CNc1ncccc1Cn1nc(C)c([N+](=O)[O-])c1C. The fraction of sp³-hybridized carbons (Fsp3) is 0.333. The molecule has 100 valence electrons. The van der Waals surface area contributed by atoms with Crippen molar-refractivity contribution in [1.29, 1.82) is 0 Å². The van der Waals surface area contributed by atoms with Crippen LogP contribution in [0.4, 0.5) is 11.5 Å². The van der Waals surface area contributed by atoms with Crippen molar-refractivity contribution in [1.82, 2.24) is 14.8 Å². The first-order valence-electron chi connectivity index (χ1n) is 5.84. The average molecular weight is 261 g/mol. The van der Waals surface area contributed by atoms with Gasteiger partial charge in [-0.2, -0.15) is 5.10 Å². The summed E-state index contributed by atoms with van der Waals surface area (Å²) in [5, 5.41) is 18.2. The summed E-state index contributed by atoms with van der Waals surface area (Å²) in [5.74, 6) is 0.748. The minimum Gasteiger partial charge on any atom is -0.373 e. The van der Waals surface area contributed by atoms with Gasteiger partial charge in [-0.25, -0.2) is 4.98 Å². The fourth-order valence-electron chi connectivity index (χ4n) is 2.06. The van der Waals surface area contributed by atoms with Gasteiger partial charge in [0.1, 0.15) is 17.2 Å². The number of aryl methyl sites for hydroxylation is 1. The number of rotatable bonds is 4. The van der Waals surface area contributed by atoms with Crippen LogP contribution in [0.2, 0.25) is 0 Å². The second kappa shape index (κ2) is 5.05. The van der Waals surface area contributed by atoms with E-state index in [1.807, 2.05) is 12.1 Å². The second-order valence-electron chi connectivity index (χ2n) is 4.20.